The van der Waals surface area contributed by atoms with Crippen LogP contribution in [-0.2, 0) is 4.84 Å². The van der Waals surface area contributed by atoms with Crippen LogP contribution in [0.15, 0.2) is 17.1 Å². The first-order valence-electron chi connectivity index (χ1n) is 9.84. The summed E-state index contributed by atoms with van der Waals surface area (Å²) in [6.45, 7) is 3.52. The Kier molecular flexibility index (Phi) is 5.39. The van der Waals surface area contributed by atoms with Crippen molar-refractivity contribution in [2.24, 2.45) is 5.92 Å². The molecule has 2 fully saturated rings. The normalized spacial score (nSPS) is 22.4. The van der Waals surface area contributed by atoms with Gasteiger partial charge < -0.3 is 9.74 Å². The van der Waals surface area contributed by atoms with Crippen LogP contribution in [0.4, 0.5) is 10.7 Å². The third kappa shape index (κ3) is 3.65. The largest absolute Gasteiger partial charge is 0.434 e. The number of pyridine rings is 1. The molecule has 0 bridgehead atoms. The topological polar surface area (TPSA) is 89.3 Å². The third-order valence-electron chi connectivity index (χ3n) is 5.72. The lowest BCUT2D eigenvalue weighted by Gasteiger charge is -2.25. The zero-order valence-electron chi connectivity index (χ0n) is 15.9. The van der Waals surface area contributed by atoms with Crippen molar-refractivity contribution in [1.82, 2.24) is 19.4 Å². The van der Waals surface area contributed by atoms with Crippen LogP contribution >= 0.6 is 11.6 Å². The zero-order valence-corrected chi connectivity index (χ0v) is 16.6. The number of fused-ring (bicyclic) bond motifs is 1. The summed E-state index contributed by atoms with van der Waals surface area (Å²) in [6.07, 6.45) is 7.27. The van der Waals surface area contributed by atoms with Gasteiger partial charge in [0.05, 0.1) is 0 Å². The minimum atomic E-state index is -0.443. The number of carbonyl (C=O) groups is 1. The first-order valence-corrected chi connectivity index (χ1v) is 10.2. The van der Waals surface area contributed by atoms with Crippen molar-refractivity contribution in [3.8, 4) is 0 Å². The predicted octanol–water partition coefficient (Wildman–Crippen LogP) is 3.76. The monoisotopic (exact) mass is 405 g/mol. The van der Waals surface area contributed by atoms with E-state index >= 15 is 0 Å². The molecule has 1 saturated heterocycles. The maximum absolute atomic E-state index is 12.8. The molecule has 1 aliphatic heterocycles. The van der Waals surface area contributed by atoms with Gasteiger partial charge in [-0.05, 0) is 44.1 Å². The lowest BCUT2D eigenvalue weighted by atomic mass is 10.1. The number of carbonyl (C=O) groups excluding carboxylic acids is 1. The molecule has 2 aromatic rings. The predicted molar refractivity (Wildman–Crippen MR) is 106 cm³/mol. The summed E-state index contributed by atoms with van der Waals surface area (Å²) in [5, 5.41) is 0.837. The van der Waals surface area contributed by atoms with Crippen LogP contribution in [0, 0.1) is 5.92 Å². The third-order valence-corrected chi connectivity index (χ3v) is 5.99. The molecule has 0 spiro atoms. The molecule has 9 heteroatoms. The van der Waals surface area contributed by atoms with E-state index in [0.717, 1.165) is 38.5 Å². The van der Waals surface area contributed by atoms with Gasteiger partial charge in [-0.1, -0.05) is 24.9 Å². The Hall–Kier alpha value is -2.35. The fraction of sp³-hybridized carbons (Fsp3) is 0.579. The van der Waals surface area contributed by atoms with E-state index < -0.39 is 6.09 Å². The zero-order chi connectivity index (χ0) is 19.7. The minimum absolute atomic E-state index is 0.0485. The van der Waals surface area contributed by atoms with Crippen LogP contribution in [0.3, 0.4) is 0 Å². The van der Waals surface area contributed by atoms with Crippen molar-refractivity contribution in [2.75, 3.05) is 18.6 Å². The Balaban J connectivity index is 1.61. The first-order chi connectivity index (χ1) is 13.5. The van der Waals surface area contributed by atoms with Gasteiger partial charge >= 0.3 is 6.09 Å². The number of rotatable bonds is 3. The highest BCUT2D eigenvalue weighted by molar-refractivity contribution is 6.31. The van der Waals surface area contributed by atoms with Crippen molar-refractivity contribution in [1.29, 1.82) is 0 Å². The number of likely N-dealkylation sites (tertiary alicyclic amines) is 1. The van der Waals surface area contributed by atoms with Crippen LogP contribution in [0.1, 0.15) is 51.5 Å². The number of hydrogen-bond acceptors (Lipinski definition) is 6. The molecule has 0 aromatic carbocycles. The summed E-state index contributed by atoms with van der Waals surface area (Å²) in [5.74, 6) is 0.502. The second kappa shape index (κ2) is 7.95. The van der Waals surface area contributed by atoms with Gasteiger partial charge in [0, 0.05) is 30.7 Å². The van der Waals surface area contributed by atoms with Crippen LogP contribution in [0.2, 0.25) is 5.02 Å². The molecule has 0 radical (unpaired) electrons. The quantitative estimate of drug-likeness (QED) is 0.782. The molecule has 28 heavy (non-hydrogen) atoms. The molecule has 150 valence electrons. The highest BCUT2D eigenvalue weighted by Crippen LogP contribution is 2.36. The van der Waals surface area contributed by atoms with Crippen LogP contribution < -0.4 is 11.0 Å². The molecule has 2 atom stereocenters. The van der Waals surface area contributed by atoms with Crippen LogP contribution in [-0.4, -0.2) is 38.6 Å². The highest BCUT2D eigenvalue weighted by atomic mass is 35.5. The first kappa shape index (κ1) is 19.0. The van der Waals surface area contributed by atoms with Gasteiger partial charge in [-0.15, -0.1) is 0 Å². The fourth-order valence-corrected chi connectivity index (χ4v) is 4.39. The number of piperidine rings is 1. The van der Waals surface area contributed by atoms with Gasteiger partial charge in [0.1, 0.15) is 10.7 Å². The molecule has 1 aliphatic carbocycles. The number of anilines is 1. The molecule has 1 amide bonds. The molecule has 1 N–H and O–H groups in total. The Morgan fingerprint density at radius 3 is 2.75 bits per heavy atom. The van der Waals surface area contributed by atoms with Gasteiger partial charge in [0.25, 0.3) is 11.5 Å². The fourth-order valence-electron chi connectivity index (χ4n) is 4.18. The number of hydrogen-bond donors (Lipinski definition) is 1. The summed E-state index contributed by atoms with van der Waals surface area (Å²) in [7, 11) is 0. The van der Waals surface area contributed by atoms with Crippen LogP contribution in [0.5, 0.6) is 0 Å². The Morgan fingerprint density at radius 2 is 2.04 bits per heavy atom. The van der Waals surface area contributed by atoms with E-state index in [1.807, 2.05) is 0 Å². The second-order valence-corrected chi connectivity index (χ2v) is 8.04. The standard InChI is InChI=1S/C19H24ClN5O3/c1-12-6-5-7-15(12)25-16-13(10-14(20)17(25)26)11-21-18(22-16)23-28-19(27)24-8-3-2-4-9-24/h10-12,15H,2-9H2,1H3,(H,21,22,23). The van der Waals surface area contributed by atoms with Gasteiger partial charge in [0.15, 0.2) is 0 Å². The van der Waals surface area contributed by atoms with Gasteiger partial charge in [0.2, 0.25) is 0 Å². The lowest BCUT2D eigenvalue weighted by Crippen LogP contribution is -2.37. The number of nitrogens with zero attached hydrogens (tertiary/aromatic N) is 4. The van der Waals surface area contributed by atoms with E-state index in [4.69, 9.17) is 16.4 Å². The van der Waals surface area contributed by atoms with Crippen molar-refractivity contribution in [2.45, 2.75) is 51.5 Å². The molecule has 2 aromatic heterocycles. The molecule has 2 unspecified atom stereocenters. The Bertz CT molecular complexity index is 941. The highest BCUT2D eigenvalue weighted by Gasteiger charge is 2.28. The molecular formula is C19H24ClN5O3. The van der Waals surface area contributed by atoms with E-state index in [1.165, 1.54) is 0 Å². The molecule has 3 heterocycles. The maximum Gasteiger partial charge on any atom is 0.434 e. The smallest absolute Gasteiger partial charge is 0.321 e. The van der Waals surface area contributed by atoms with E-state index in [-0.39, 0.29) is 22.6 Å². The summed E-state index contributed by atoms with van der Waals surface area (Å²) in [5.41, 5.74) is 2.79. The number of aromatic nitrogens is 3. The van der Waals surface area contributed by atoms with Crippen molar-refractivity contribution in [3.05, 3.63) is 27.6 Å². The maximum atomic E-state index is 12.8. The van der Waals surface area contributed by atoms with E-state index in [1.54, 1.807) is 21.7 Å². The summed E-state index contributed by atoms with van der Waals surface area (Å²) in [6, 6.07) is 1.63. The van der Waals surface area contributed by atoms with Crippen molar-refractivity contribution in [3.63, 3.8) is 0 Å². The Morgan fingerprint density at radius 1 is 1.25 bits per heavy atom. The lowest BCUT2D eigenvalue weighted by molar-refractivity contribution is 0.113. The molecule has 8 nitrogen and oxygen atoms in total. The molecule has 2 aliphatic rings. The minimum Gasteiger partial charge on any atom is -0.321 e. The average molecular weight is 406 g/mol. The van der Waals surface area contributed by atoms with Gasteiger partial charge in [-0.2, -0.15) is 10.5 Å². The van der Waals surface area contributed by atoms with E-state index in [9.17, 15) is 9.59 Å². The average Bonchev–Trinajstić information content (AvgIpc) is 3.13. The number of amides is 1. The summed E-state index contributed by atoms with van der Waals surface area (Å²) in [4.78, 5) is 40.4. The van der Waals surface area contributed by atoms with Crippen molar-refractivity contribution >= 4 is 34.7 Å². The molecule has 1 saturated carbocycles. The van der Waals surface area contributed by atoms with Gasteiger partial charge in [-0.3, -0.25) is 9.36 Å². The van der Waals surface area contributed by atoms with Crippen molar-refractivity contribution < 1.29 is 9.63 Å². The Labute approximate surface area is 167 Å². The van der Waals surface area contributed by atoms with Crippen LogP contribution in [0.25, 0.3) is 11.0 Å². The molecular weight excluding hydrogens is 382 g/mol. The SMILES string of the molecule is CC1CCCC1n1c(=O)c(Cl)cc2cnc(NOC(=O)N3CCCCC3)nc21. The molecule has 4 rings (SSSR count). The summed E-state index contributed by atoms with van der Waals surface area (Å²) < 4.78 is 1.68. The van der Waals surface area contributed by atoms with E-state index in [0.29, 0.717) is 30.0 Å². The van der Waals surface area contributed by atoms with Gasteiger partial charge in [-0.25, -0.2) is 9.78 Å². The van der Waals surface area contributed by atoms with E-state index in [2.05, 4.69) is 22.4 Å². The second-order valence-electron chi connectivity index (χ2n) is 7.63. The summed E-state index contributed by atoms with van der Waals surface area (Å²) >= 11 is 6.17. The number of nitrogens with one attached hydrogen (secondary N) is 1. The number of halogens is 1.